The fourth-order valence-electron chi connectivity index (χ4n) is 2.29. The third-order valence-electron chi connectivity index (χ3n) is 3.64. The Hall–Kier alpha value is -1.87. The van der Waals surface area contributed by atoms with Crippen LogP contribution in [-0.4, -0.2) is 11.1 Å². The van der Waals surface area contributed by atoms with Crippen molar-refractivity contribution >= 4 is 0 Å². The summed E-state index contributed by atoms with van der Waals surface area (Å²) in [6.45, 7) is 8.11. The third-order valence-corrected chi connectivity index (χ3v) is 3.64. The second-order valence-electron chi connectivity index (χ2n) is 5.18. The summed E-state index contributed by atoms with van der Waals surface area (Å²) in [7, 11) is 0. The van der Waals surface area contributed by atoms with Crippen LogP contribution >= 0.6 is 0 Å². The molecule has 20 heavy (non-hydrogen) atoms. The number of nitrogens with zero attached hydrogens (tertiary/aromatic N) is 1. The van der Waals surface area contributed by atoms with E-state index >= 15 is 0 Å². The van der Waals surface area contributed by atoms with Crippen molar-refractivity contribution in [2.24, 2.45) is 0 Å². The third kappa shape index (κ3) is 3.58. The van der Waals surface area contributed by atoms with Crippen molar-refractivity contribution in [2.45, 2.75) is 33.4 Å². The minimum absolute atomic E-state index is 0.0485. The normalized spacial score (nSPS) is 12.3. The molecule has 0 saturated carbocycles. The Balaban J connectivity index is 2.23. The molecule has 0 bridgehead atoms. The molecule has 3 heteroatoms. The van der Waals surface area contributed by atoms with Gasteiger partial charge in [0.1, 0.15) is 0 Å². The maximum Gasteiger partial charge on any atom is 0.181 e. The molecular formula is C17H22N2O. The zero-order valence-corrected chi connectivity index (χ0v) is 12.4. The number of hydrogen-bond donors (Lipinski definition) is 1. The largest absolute Gasteiger partial charge is 0.352 e. The lowest BCUT2D eigenvalue weighted by molar-refractivity contribution is 0.473. The van der Waals surface area contributed by atoms with Gasteiger partial charge in [-0.1, -0.05) is 25.1 Å². The second-order valence-corrected chi connectivity index (χ2v) is 5.18. The molecule has 1 N–H and O–H groups in total. The van der Waals surface area contributed by atoms with Crippen LogP contribution in [0, 0.1) is 13.8 Å². The van der Waals surface area contributed by atoms with Gasteiger partial charge in [0.2, 0.25) is 0 Å². The quantitative estimate of drug-likeness (QED) is 0.906. The van der Waals surface area contributed by atoms with Crippen molar-refractivity contribution < 1.29 is 0 Å². The first kappa shape index (κ1) is 14.5. The maximum absolute atomic E-state index is 11.2. The first-order valence-electron chi connectivity index (χ1n) is 7.07. The van der Waals surface area contributed by atoms with Crippen molar-refractivity contribution in [3.63, 3.8) is 0 Å². The van der Waals surface area contributed by atoms with Gasteiger partial charge >= 0.3 is 0 Å². The average Bonchev–Trinajstić information content (AvgIpc) is 2.44. The molecule has 106 valence electrons. The highest BCUT2D eigenvalue weighted by molar-refractivity contribution is 5.31. The van der Waals surface area contributed by atoms with E-state index in [4.69, 9.17) is 0 Å². The Labute approximate surface area is 120 Å². The highest BCUT2D eigenvalue weighted by atomic mass is 16.1. The van der Waals surface area contributed by atoms with Crippen molar-refractivity contribution in [1.29, 1.82) is 0 Å². The number of likely N-dealkylation sites (N-methyl/N-ethyl adjacent to an activating group) is 1. The van der Waals surface area contributed by atoms with E-state index in [-0.39, 0.29) is 11.5 Å². The van der Waals surface area contributed by atoms with Crippen molar-refractivity contribution in [3.05, 3.63) is 69.6 Å². The molecule has 1 heterocycles. The predicted octanol–water partition coefficient (Wildman–Crippen LogP) is 2.82. The number of nitrogens with one attached hydrogen (secondary N) is 1. The van der Waals surface area contributed by atoms with Gasteiger partial charge in [-0.25, -0.2) is 0 Å². The van der Waals surface area contributed by atoms with E-state index in [2.05, 4.69) is 44.3 Å². The van der Waals surface area contributed by atoms with E-state index in [0.717, 1.165) is 13.1 Å². The summed E-state index contributed by atoms with van der Waals surface area (Å²) in [5, 5.41) is 3.51. The lowest BCUT2D eigenvalue weighted by Crippen LogP contribution is -2.25. The summed E-state index contributed by atoms with van der Waals surface area (Å²) in [6, 6.07) is 10.0. The summed E-state index contributed by atoms with van der Waals surface area (Å²) in [5.41, 5.74) is 3.96. The zero-order valence-electron chi connectivity index (χ0n) is 12.4. The maximum atomic E-state index is 11.2. The minimum atomic E-state index is 0.0485. The average molecular weight is 270 g/mol. The topological polar surface area (TPSA) is 34.0 Å². The zero-order chi connectivity index (χ0) is 14.5. The molecule has 1 aromatic heterocycles. The molecule has 2 rings (SSSR count). The van der Waals surface area contributed by atoms with Crippen LogP contribution < -0.4 is 10.7 Å². The smallest absolute Gasteiger partial charge is 0.181 e. The fourth-order valence-corrected chi connectivity index (χ4v) is 2.29. The molecule has 0 amide bonds. The van der Waals surface area contributed by atoms with Gasteiger partial charge in [0.25, 0.3) is 0 Å². The molecule has 3 nitrogen and oxygen atoms in total. The second kappa shape index (κ2) is 6.53. The molecule has 0 spiro atoms. The van der Waals surface area contributed by atoms with E-state index in [9.17, 15) is 4.79 Å². The van der Waals surface area contributed by atoms with E-state index in [0.29, 0.717) is 0 Å². The molecule has 2 aromatic rings. The molecule has 0 fully saturated rings. The van der Waals surface area contributed by atoms with Crippen LogP contribution in [0.15, 0.2) is 47.5 Å². The highest BCUT2D eigenvalue weighted by Gasteiger charge is 2.11. The number of hydrogen-bond acceptors (Lipinski definition) is 2. The summed E-state index contributed by atoms with van der Waals surface area (Å²) >= 11 is 0. The minimum Gasteiger partial charge on any atom is -0.352 e. The molecule has 0 aliphatic heterocycles. The van der Waals surface area contributed by atoms with E-state index in [1.165, 1.54) is 16.7 Å². The fraction of sp³-hybridized carbons (Fsp3) is 0.353. The highest BCUT2D eigenvalue weighted by Crippen LogP contribution is 2.18. The summed E-state index contributed by atoms with van der Waals surface area (Å²) in [4.78, 5) is 11.2. The Morgan fingerprint density at radius 2 is 1.80 bits per heavy atom. The van der Waals surface area contributed by atoms with Crippen LogP contribution in [-0.2, 0) is 6.54 Å². The number of pyridine rings is 1. The van der Waals surface area contributed by atoms with Gasteiger partial charge in [-0.15, -0.1) is 0 Å². The summed E-state index contributed by atoms with van der Waals surface area (Å²) in [5.74, 6) is 0. The van der Waals surface area contributed by atoms with Gasteiger partial charge in [-0.2, -0.15) is 0 Å². The van der Waals surface area contributed by atoms with Crippen molar-refractivity contribution in [2.75, 3.05) is 6.54 Å². The Morgan fingerprint density at radius 3 is 2.40 bits per heavy atom. The Bertz CT molecular complexity index is 611. The van der Waals surface area contributed by atoms with Gasteiger partial charge in [0, 0.05) is 31.1 Å². The van der Waals surface area contributed by atoms with Crippen LogP contribution in [0.25, 0.3) is 0 Å². The van der Waals surface area contributed by atoms with Gasteiger partial charge in [-0.3, -0.25) is 4.79 Å². The van der Waals surface area contributed by atoms with Crippen molar-refractivity contribution in [3.8, 4) is 0 Å². The van der Waals surface area contributed by atoms with Crippen LogP contribution in [0.2, 0.25) is 0 Å². The lowest BCUT2D eigenvalue weighted by Gasteiger charge is -2.21. The molecule has 0 saturated heterocycles. The Kier molecular flexibility index (Phi) is 4.74. The monoisotopic (exact) mass is 270 g/mol. The van der Waals surface area contributed by atoms with Crippen molar-refractivity contribution in [1.82, 2.24) is 9.88 Å². The number of benzene rings is 1. The molecule has 0 aliphatic carbocycles. The summed E-state index contributed by atoms with van der Waals surface area (Å²) in [6.07, 6.45) is 3.68. The van der Waals surface area contributed by atoms with Crippen LogP contribution in [0.1, 0.15) is 29.7 Å². The summed E-state index contributed by atoms with van der Waals surface area (Å²) < 4.78 is 2.05. The standard InChI is InChI=1S/C17H22N2O/c1-4-18-17(12-19-9-7-16(20)8-10-19)15-6-5-13(2)14(3)11-15/h5-11,17-18H,4,12H2,1-3H3. The van der Waals surface area contributed by atoms with Gasteiger partial charge in [0.15, 0.2) is 5.43 Å². The van der Waals surface area contributed by atoms with E-state index in [1.54, 1.807) is 12.1 Å². The predicted molar refractivity (Wildman–Crippen MR) is 83.0 cm³/mol. The number of aromatic nitrogens is 1. The van der Waals surface area contributed by atoms with Crippen LogP contribution in [0.4, 0.5) is 0 Å². The number of aryl methyl sites for hydroxylation is 2. The molecule has 1 atom stereocenters. The van der Waals surface area contributed by atoms with Crippen LogP contribution in [0.3, 0.4) is 0 Å². The van der Waals surface area contributed by atoms with E-state index in [1.807, 2.05) is 17.0 Å². The number of rotatable bonds is 5. The molecule has 1 unspecified atom stereocenters. The molecule has 0 aliphatic rings. The van der Waals surface area contributed by atoms with Gasteiger partial charge in [0.05, 0.1) is 6.04 Å². The SMILES string of the molecule is CCNC(Cn1ccc(=O)cc1)c1ccc(C)c(C)c1. The van der Waals surface area contributed by atoms with Gasteiger partial charge < -0.3 is 9.88 Å². The van der Waals surface area contributed by atoms with Crippen LogP contribution in [0.5, 0.6) is 0 Å². The molecule has 0 radical (unpaired) electrons. The first-order chi connectivity index (χ1) is 9.60. The molecule has 1 aromatic carbocycles. The van der Waals surface area contributed by atoms with Gasteiger partial charge in [-0.05, 0) is 37.1 Å². The van der Waals surface area contributed by atoms with E-state index < -0.39 is 0 Å². The molecular weight excluding hydrogens is 248 g/mol. The lowest BCUT2D eigenvalue weighted by atomic mass is 10.0. The Morgan fingerprint density at radius 1 is 1.10 bits per heavy atom. The first-order valence-corrected chi connectivity index (χ1v) is 7.07.